The van der Waals surface area contributed by atoms with Crippen molar-refractivity contribution < 1.29 is 0 Å². The topological polar surface area (TPSA) is 29.3 Å². The molecule has 3 unspecified atom stereocenters. The van der Waals surface area contributed by atoms with E-state index in [4.69, 9.17) is 5.73 Å². The zero-order valence-electron chi connectivity index (χ0n) is 13.3. The molecule has 2 aliphatic rings. The zero-order chi connectivity index (χ0) is 13.9. The van der Waals surface area contributed by atoms with Gasteiger partial charge < -0.3 is 5.73 Å². The third-order valence-electron chi connectivity index (χ3n) is 6.25. The summed E-state index contributed by atoms with van der Waals surface area (Å²) in [6, 6.07) is 0.801. The van der Waals surface area contributed by atoms with Crippen LogP contribution in [0.15, 0.2) is 0 Å². The Balaban J connectivity index is 2.20. The van der Waals surface area contributed by atoms with E-state index in [0.29, 0.717) is 0 Å². The van der Waals surface area contributed by atoms with E-state index in [1.54, 1.807) is 0 Å². The minimum Gasteiger partial charge on any atom is -0.329 e. The lowest BCUT2D eigenvalue weighted by atomic mass is 9.66. The van der Waals surface area contributed by atoms with E-state index < -0.39 is 0 Å². The summed E-state index contributed by atoms with van der Waals surface area (Å²) in [7, 11) is 0. The lowest BCUT2D eigenvalue weighted by Crippen LogP contribution is -2.63. The molecule has 2 aliphatic carbocycles. The van der Waals surface area contributed by atoms with Crippen LogP contribution in [0.3, 0.4) is 0 Å². The standard InChI is InChI=1S/C17H34N2/c1-4-19(16-10-6-5-7-11-16)17(13-18)12-8-9-14(2)15(17)3/h14-16H,4-13,18H2,1-3H3. The van der Waals surface area contributed by atoms with Gasteiger partial charge in [0.25, 0.3) is 0 Å². The van der Waals surface area contributed by atoms with Crippen LogP contribution in [-0.4, -0.2) is 29.6 Å². The highest BCUT2D eigenvalue weighted by atomic mass is 15.2. The quantitative estimate of drug-likeness (QED) is 0.838. The molecule has 2 rings (SSSR count). The average Bonchev–Trinajstić information content (AvgIpc) is 2.45. The van der Waals surface area contributed by atoms with Crippen molar-refractivity contribution in [3.8, 4) is 0 Å². The van der Waals surface area contributed by atoms with Gasteiger partial charge in [-0.05, 0) is 37.6 Å². The van der Waals surface area contributed by atoms with Crippen molar-refractivity contribution in [2.75, 3.05) is 13.1 Å². The third kappa shape index (κ3) is 2.85. The van der Waals surface area contributed by atoms with Crippen molar-refractivity contribution in [3.63, 3.8) is 0 Å². The maximum Gasteiger partial charge on any atom is 0.0362 e. The normalized spacial score (nSPS) is 37.7. The Morgan fingerprint density at radius 1 is 1.05 bits per heavy atom. The molecule has 0 bridgehead atoms. The maximum absolute atomic E-state index is 6.33. The predicted octanol–water partition coefficient (Wildman–Crippen LogP) is 3.79. The summed E-state index contributed by atoms with van der Waals surface area (Å²) in [5.74, 6) is 1.57. The van der Waals surface area contributed by atoms with E-state index in [1.165, 1.54) is 57.9 Å². The molecular weight excluding hydrogens is 232 g/mol. The summed E-state index contributed by atoms with van der Waals surface area (Å²) in [4.78, 5) is 2.83. The first-order chi connectivity index (χ1) is 9.15. The van der Waals surface area contributed by atoms with Gasteiger partial charge in [0, 0.05) is 18.1 Å². The first-order valence-electron chi connectivity index (χ1n) is 8.62. The highest BCUT2D eigenvalue weighted by molar-refractivity contribution is 5.02. The Kier molecular flexibility index (Phi) is 5.30. The van der Waals surface area contributed by atoms with Gasteiger partial charge in [-0.3, -0.25) is 4.90 Å². The second-order valence-electron chi connectivity index (χ2n) is 7.04. The first-order valence-corrected chi connectivity index (χ1v) is 8.62. The molecule has 0 aromatic carbocycles. The van der Waals surface area contributed by atoms with Gasteiger partial charge in [0.1, 0.15) is 0 Å². The SMILES string of the molecule is CCN(C1CCCCC1)C1(CN)CCCC(C)C1C. The highest BCUT2D eigenvalue weighted by Crippen LogP contribution is 2.43. The number of rotatable bonds is 4. The minimum atomic E-state index is 0.286. The molecule has 2 N–H and O–H groups in total. The lowest BCUT2D eigenvalue weighted by Gasteiger charge is -2.55. The third-order valence-corrected chi connectivity index (χ3v) is 6.25. The minimum absolute atomic E-state index is 0.286. The Bertz CT molecular complexity index is 272. The van der Waals surface area contributed by atoms with Crippen LogP contribution in [-0.2, 0) is 0 Å². The van der Waals surface area contributed by atoms with Gasteiger partial charge in [-0.15, -0.1) is 0 Å². The van der Waals surface area contributed by atoms with Gasteiger partial charge in [0.15, 0.2) is 0 Å². The van der Waals surface area contributed by atoms with Gasteiger partial charge in [0.05, 0.1) is 0 Å². The van der Waals surface area contributed by atoms with Crippen LogP contribution in [0.4, 0.5) is 0 Å². The second kappa shape index (κ2) is 6.58. The van der Waals surface area contributed by atoms with E-state index in [0.717, 1.165) is 24.4 Å². The van der Waals surface area contributed by atoms with E-state index in [1.807, 2.05) is 0 Å². The molecule has 3 atom stereocenters. The molecule has 0 aliphatic heterocycles. The summed E-state index contributed by atoms with van der Waals surface area (Å²) >= 11 is 0. The average molecular weight is 266 g/mol. The number of nitrogens with zero attached hydrogens (tertiary/aromatic N) is 1. The highest BCUT2D eigenvalue weighted by Gasteiger charge is 2.46. The molecule has 2 saturated carbocycles. The summed E-state index contributed by atoms with van der Waals surface area (Å²) in [5, 5.41) is 0. The molecule has 0 aromatic heterocycles. The fourth-order valence-corrected chi connectivity index (χ4v) is 4.88. The molecular formula is C17H34N2. The smallest absolute Gasteiger partial charge is 0.0362 e. The van der Waals surface area contributed by atoms with Crippen LogP contribution < -0.4 is 5.73 Å². The van der Waals surface area contributed by atoms with Gasteiger partial charge in [-0.1, -0.05) is 52.9 Å². The van der Waals surface area contributed by atoms with Crippen LogP contribution in [0.2, 0.25) is 0 Å². The van der Waals surface area contributed by atoms with Gasteiger partial charge in [-0.2, -0.15) is 0 Å². The summed E-state index contributed by atoms with van der Waals surface area (Å²) in [6.07, 6.45) is 11.2. The predicted molar refractivity (Wildman–Crippen MR) is 83.2 cm³/mol. The Morgan fingerprint density at radius 2 is 1.74 bits per heavy atom. The molecule has 2 nitrogen and oxygen atoms in total. The van der Waals surface area contributed by atoms with Crippen molar-refractivity contribution >= 4 is 0 Å². The van der Waals surface area contributed by atoms with Crippen LogP contribution >= 0.6 is 0 Å². The summed E-state index contributed by atoms with van der Waals surface area (Å²) in [6.45, 7) is 9.27. The lowest BCUT2D eigenvalue weighted by molar-refractivity contribution is -0.0435. The van der Waals surface area contributed by atoms with E-state index in [9.17, 15) is 0 Å². The van der Waals surface area contributed by atoms with Crippen molar-refractivity contribution in [2.24, 2.45) is 17.6 Å². The number of likely N-dealkylation sites (N-methyl/N-ethyl adjacent to an activating group) is 1. The molecule has 0 heterocycles. The molecule has 19 heavy (non-hydrogen) atoms. The van der Waals surface area contributed by atoms with E-state index >= 15 is 0 Å². The largest absolute Gasteiger partial charge is 0.329 e. The monoisotopic (exact) mass is 266 g/mol. The van der Waals surface area contributed by atoms with Crippen molar-refractivity contribution in [1.82, 2.24) is 4.90 Å². The number of nitrogens with two attached hydrogens (primary N) is 1. The Labute approximate surface area is 120 Å². The molecule has 0 spiro atoms. The molecule has 2 fully saturated rings. The van der Waals surface area contributed by atoms with Crippen LogP contribution in [0.25, 0.3) is 0 Å². The van der Waals surface area contributed by atoms with Crippen LogP contribution in [0, 0.1) is 11.8 Å². The Hall–Kier alpha value is -0.0800. The van der Waals surface area contributed by atoms with Crippen molar-refractivity contribution in [3.05, 3.63) is 0 Å². The van der Waals surface area contributed by atoms with Gasteiger partial charge in [-0.25, -0.2) is 0 Å². The summed E-state index contributed by atoms with van der Waals surface area (Å²) < 4.78 is 0. The van der Waals surface area contributed by atoms with Crippen molar-refractivity contribution in [2.45, 2.75) is 83.7 Å². The van der Waals surface area contributed by atoms with Crippen LogP contribution in [0.1, 0.15) is 72.1 Å². The molecule has 2 heteroatoms. The van der Waals surface area contributed by atoms with Crippen molar-refractivity contribution in [1.29, 1.82) is 0 Å². The number of hydrogen-bond acceptors (Lipinski definition) is 2. The molecule has 0 radical (unpaired) electrons. The van der Waals surface area contributed by atoms with Gasteiger partial charge in [0.2, 0.25) is 0 Å². The maximum atomic E-state index is 6.33. The number of hydrogen-bond donors (Lipinski definition) is 1. The molecule has 112 valence electrons. The summed E-state index contributed by atoms with van der Waals surface area (Å²) in [5.41, 5.74) is 6.62. The molecule has 0 amide bonds. The van der Waals surface area contributed by atoms with E-state index in [-0.39, 0.29) is 5.54 Å². The van der Waals surface area contributed by atoms with Crippen LogP contribution in [0.5, 0.6) is 0 Å². The Morgan fingerprint density at radius 3 is 2.32 bits per heavy atom. The second-order valence-corrected chi connectivity index (χ2v) is 7.04. The molecule has 0 saturated heterocycles. The van der Waals surface area contributed by atoms with Gasteiger partial charge >= 0.3 is 0 Å². The zero-order valence-corrected chi connectivity index (χ0v) is 13.3. The fourth-order valence-electron chi connectivity index (χ4n) is 4.88. The fraction of sp³-hybridized carbons (Fsp3) is 1.00. The van der Waals surface area contributed by atoms with E-state index in [2.05, 4.69) is 25.7 Å². The first kappa shape index (κ1) is 15.3. The molecule has 0 aromatic rings.